The van der Waals surface area contributed by atoms with E-state index < -0.39 is 17.7 Å². The average Bonchev–Trinajstić information content (AvgIpc) is 2.36. The van der Waals surface area contributed by atoms with E-state index in [0.29, 0.717) is 12.5 Å². The van der Waals surface area contributed by atoms with E-state index in [2.05, 4.69) is 5.32 Å². The van der Waals surface area contributed by atoms with E-state index in [1.165, 1.54) is 0 Å². The molecule has 0 amide bonds. The van der Waals surface area contributed by atoms with Crippen molar-refractivity contribution in [3.63, 3.8) is 0 Å². The minimum Gasteiger partial charge on any atom is -0.387 e. The minimum absolute atomic E-state index is 0.0348. The van der Waals surface area contributed by atoms with Gasteiger partial charge < -0.3 is 15.2 Å². The molecule has 0 aromatic heterocycles. The van der Waals surface area contributed by atoms with Crippen LogP contribution in [0.5, 0.6) is 0 Å². The molecule has 3 nitrogen and oxygen atoms in total. The number of ether oxygens (including phenoxy) is 1. The maximum atomic E-state index is 13.5. The minimum atomic E-state index is -1.09. The summed E-state index contributed by atoms with van der Waals surface area (Å²) in [7, 11) is 1.60. The topological polar surface area (TPSA) is 41.5 Å². The number of hydrogen-bond acceptors (Lipinski definition) is 3. The highest BCUT2D eigenvalue weighted by molar-refractivity contribution is 5.21. The summed E-state index contributed by atoms with van der Waals surface area (Å²) in [5.41, 5.74) is -0.0348. The molecular weight excluding hydrogens is 252 g/mol. The molecule has 1 aromatic rings. The Morgan fingerprint density at radius 3 is 2.58 bits per heavy atom. The van der Waals surface area contributed by atoms with Crippen molar-refractivity contribution in [1.29, 1.82) is 0 Å². The molecule has 1 rings (SSSR count). The maximum absolute atomic E-state index is 13.5. The number of methoxy groups -OCH3 is 1. The molecule has 2 unspecified atom stereocenters. The van der Waals surface area contributed by atoms with Crippen LogP contribution >= 0.6 is 0 Å². The summed E-state index contributed by atoms with van der Waals surface area (Å²) in [6.07, 6.45) is -1.09. The lowest BCUT2D eigenvalue weighted by atomic mass is 10.0. The molecule has 0 spiro atoms. The van der Waals surface area contributed by atoms with Crippen LogP contribution in [0.2, 0.25) is 0 Å². The predicted molar refractivity (Wildman–Crippen MR) is 69.8 cm³/mol. The van der Waals surface area contributed by atoms with Gasteiger partial charge in [-0.3, -0.25) is 0 Å². The van der Waals surface area contributed by atoms with Crippen LogP contribution in [0.25, 0.3) is 0 Å². The third-order valence-electron chi connectivity index (χ3n) is 3.04. The molecule has 0 saturated heterocycles. The van der Waals surface area contributed by atoms with Crippen molar-refractivity contribution in [1.82, 2.24) is 5.32 Å². The van der Waals surface area contributed by atoms with Crippen molar-refractivity contribution >= 4 is 0 Å². The van der Waals surface area contributed by atoms with E-state index in [9.17, 15) is 13.9 Å². The van der Waals surface area contributed by atoms with Crippen molar-refractivity contribution in [3.05, 3.63) is 35.4 Å². The molecule has 2 atom stereocenters. The summed E-state index contributed by atoms with van der Waals surface area (Å²) in [6.45, 7) is 4.68. The Kier molecular flexibility index (Phi) is 6.34. The van der Waals surface area contributed by atoms with Gasteiger partial charge in [0.05, 0.1) is 12.7 Å². The summed E-state index contributed by atoms with van der Waals surface area (Å²) in [6, 6.07) is 3.11. The molecule has 0 radical (unpaired) electrons. The van der Waals surface area contributed by atoms with Gasteiger partial charge in [0, 0.05) is 25.3 Å². The number of rotatable bonds is 7. The van der Waals surface area contributed by atoms with Crippen molar-refractivity contribution < 1.29 is 18.6 Å². The fraction of sp³-hybridized carbons (Fsp3) is 0.571. The Morgan fingerprint density at radius 1 is 1.32 bits per heavy atom. The van der Waals surface area contributed by atoms with Crippen LogP contribution in [-0.4, -0.2) is 31.4 Å². The Labute approximate surface area is 112 Å². The SMILES string of the molecule is COCC(NCC(O)c1cc(F)ccc1F)C(C)C. The summed E-state index contributed by atoms with van der Waals surface area (Å²) >= 11 is 0. The third kappa shape index (κ3) is 4.86. The second-order valence-corrected chi connectivity index (χ2v) is 4.90. The molecule has 1 aromatic carbocycles. The van der Waals surface area contributed by atoms with Gasteiger partial charge >= 0.3 is 0 Å². The van der Waals surface area contributed by atoms with Crippen molar-refractivity contribution in [2.45, 2.75) is 26.0 Å². The summed E-state index contributed by atoms with van der Waals surface area (Å²) in [5, 5.41) is 13.0. The van der Waals surface area contributed by atoms with Crippen molar-refractivity contribution in [2.24, 2.45) is 5.92 Å². The molecule has 108 valence electrons. The lowest BCUT2D eigenvalue weighted by Gasteiger charge is -2.23. The average molecular weight is 273 g/mol. The molecule has 0 bridgehead atoms. The lowest BCUT2D eigenvalue weighted by Crippen LogP contribution is -2.40. The predicted octanol–water partition coefficient (Wildman–Crippen LogP) is 2.26. The van der Waals surface area contributed by atoms with E-state index in [1.54, 1.807) is 7.11 Å². The highest BCUT2D eigenvalue weighted by atomic mass is 19.1. The first kappa shape index (κ1) is 16.0. The van der Waals surface area contributed by atoms with Gasteiger partial charge in [-0.2, -0.15) is 0 Å². The van der Waals surface area contributed by atoms with Crippen LogP contribution in [-0.2, 0) is 4.74 Å². The van der Waals surface area contributed by atoms with Crippen LogP contribution in [0.1, 0.15) is 25.5 Å². The highest BCUT2D eigenvalue weighted by Crippen LogP contribution is 2.18. The number of aliphatic hydroxyl groups excluding tert-OH is 1. The fourth-order valence-corrected chi connectivity index (χ4v) is 1.81. The van der Waals surface area contributed by atoms with Gasteiger partial charge in [-0.05, 0) is 24.1 Å². The monoisotopic (exact) mass is 273 g/mol. The fourth-order valence-electron chi connectivity index (χ4n) is 1.81. The first-order chi connectivity index (χ1) is 8.95. The molecule has 0 aliphatic heterocycles. The number of nitrogens with one attached hydrogen (secondary N) is 1. The first-order valence-electron chi connectivity index (χ1n) is 6.31. The van der Waals surface area contributed by atoms with Crippen LogP contribution in [0.15, 0.2) is 18.2 Å². The zero-order chi connectivity index (χ0) is 14.4. The normalized spacial score (nSPS) is 14.7. The van der Waals surface area contributed by atoms with Crippen LogP contribution < -0.4 is 5.32 Å². The smallest absolute Gasteiger partial charge is 0.129 e. The van der Waals surface area contributed by atoms with Crippen LogP contribution in [0.3, 0.4) is 0 Å². The number of benzene rings is 1. The molecule has 0 saturated carbocycles. The third-order valence-corrected chi connectivity index (χ3v) is 3.04. The van der Waals surface area contributed by atoms with E-state index in [1.807, 2.05) is 13.8 Å². The summed E-state index contributed by atoms with van der Waals surface area (Å²) < 4.78 is 31.6. The molecule has 0 fully saturated rings. The Bertz CT molecular complexity index is 399. The number of halogens is 2. The lowest BCUT2D eigenvalue weighted by molar-refractivity contribution is 0.122. The molecule has 0 aliphatic carbocycles. The molecular formula is C14H21F2NO2. The largest absolute Gasteiger partial charge is 0.387 e. The van der Waals surface area contributed by atoms with Gasteiger partial charge in [-0.15, -0.1) is 0 Å². The summed E-state index contributed by atoms with van der Waals surface area (Å²) in [4.78, 5) is 0. The second kappa shape index (κ2) is 7.53. The van der Waals surface area contributed by atoms with Gasteiger partial charge in [-0.25, -0.2) is 8.78 Å². The van der Waals surface area contributed by atoms with E-state index in [4.69, 9.17) is 4.74 Å². The molecule has 5 heteroatoms. The van der Waals surface area contributed by atoms with Crippen molar-refractivity contribution in [3.8, 4) is 0 Å². The quantitative estimate of drug-likeness (QED) is 0.800. The van der Waals surface area contributed by atoms with Gasteiger partial charge in [0.15, 0.2) is 0 Å². The zero-order valence-corrected chi connectivity index (χ0v) is 11.5. The number of hydrogen-bond donors (Lipinski definition) is 2. The Morgan fingerprint density at radius 2 is 2.00 bits per heavy atom. The standard InChI is InChI=1S/C14H21F2NO2/c1-9(2)13(8-19-3)17-7-14(18)11-6-10(15)4-5-12(11)16/h4-6,9,13-14,17-18H,7-8H2,1-3H3. The molecule has 2 N–H and O–H groups in total. The Balaban J connectivity index is 2.63. The van der Waals surface area contributed by atoms with Crippen LogP contribution in [0, 0.1) is 17.6 Å². The maximum Gasteiger partial charge on any atom is 0.129 e. The molecule has 0 aliphatic rings. The van der Waals surface area contributed by atoms with Gasteiger partial charge in [0.25, 0.3) is 0 Å². The van der Waals surface area contributed by atoms with Gasteiger partial charge in [0.2, 0.25) is 0 Å². The van der Waals surface area contributed by atoms with Crippen LogP contribution in [0.4, 0.5) is 8.78 Å². The van der Waals surface area contributed by atoms with Crippen molar-refractivity contribution in [2.75, 3.05) is 20.3 Å². The highest BCUT2D eigenvalue weighted by Gasteiger charge is 2.17. The summed E-state index contributed by atoms with van der Waals surface area (Å²) in [5.74, 6) is -0.860. The molecule has 19 heavy (non-hydrogen) atoms. The first-order valence-corrected chi connectivity index (χ1v) is 6.31. The van der Waals surface area contributed by atoms with Gasteiger partial charge in [-0.1, -0.05) is 13.8 Å². The van der Waals surface area contributed by atoms with E-state index >= 15 is 0 Å². The second-order valence-electron chi connectivity index (χ2n) is 4.90. The van der Waals surface area contributed by atoms with Gasteiger partial charge in [0.1, 0.15) is 11.6 Å². The van der Waals surface area contributed by atoms with E-state index in [0.717, 1.165) is 18.2 Å². The number of aliphatic hydroxyl groups is 1. The molecule has 0 heterocycles. The zero-order valence-electron chi connectivity index (χ0n) is 11.5. The Hall–Kier alpha value is -1.04. The van der Waals surface area contributed by atoms with E-state index in [-0.39, 0.29) is 18.2 Å².